The van der Waals surface area contributed by atoms with Gasteiger partial charge < -0.3 is 15.0 Å². The minimum absolute atomic E-state index is 0.0285. The number of hydrogen-bond donors (Lipinski definition) is 1. The highest BCUT2D eigenvalue weighted by Gasteiger charge is 2.21. The predicted octanol–water partition coefficient (Wildman–Crippen LogP) is 4.38. The van der Waals surface area contributed by atoms with E-state index in [0.717, 1.165) is 42.6 Å². The van der Waals surface area contributed by atoms with Crippen LogP contribution in [0.1, 0.15) is 50.5 Å². The van der Waals surface area contributed by atoms with Crippen molar-refractivity contribution in [1.82, 2.24) is 4.98 Å². The zero-order valence-corrected chi connectivity index (χ0v) is 17.6. The van der Waals surface area contributed by atoms with E-state index >= 15 is 0 Å². The van der Waals surface area contributed by atoms with Gasteiger partial charge in [0.15, 0.2) is 0 Å². The number of carbonyl (C=O) groups is 2. The molecule has 2 rings (SSSR count). The van der Waals surface area contributed by atoms with Crippen molar-refractivity contribution in [3.63, 3.8) is 0 Å². The second kappa shape index (κ2) is 11.8. The molecule has 0 bridgehead atoms. The number of amides is 1. The van der Waals surface area contributed by atoms with Gasteiger partial charge in [-0.25, -0.2) is 0 Å². The van der Waals surface area contributed by atoms with Gasteiger partial charge >= 0.3 is 5.97 Å². The first-order valence-corrected chi connectivity index (χ1v) is 10.1. The summed E-state index contributed by atoms with van der Waals surface area (Å²) in [5.41, 5.74) is 2.83. The monoisotopic (exact) mass is 397 g/mol. The van der Waals surface area contributed by atoms with Gasteiger partial charge in [-0.05, 0) is 49.6 Å². The van der Waals surface area contributed by atoms with Crippen molar-refractivity contribution in [2.75, 3.05) is 30.9 Å². The summed E-state index contributed by atoms with van der Waals surface area (Å²) in [6.07, 6.45) is 6.99. The van der Waals surface area contributed by atoms with Crippen LogP contribution in [0.25, 0.3) is 0 Å². The van der Waals surface area contributed by atoms with Crippen LogP contribution in [0.2, 0.25) is 0 Å². The number of nitrogens with zero attached hydrogens (tertiary/aromatic N) is 2. The molecule has 0 aliphatic rings. The Balaban J connectivity index is 2.00. The lowest BCUT2D eigenvalue weighted by Crippen LogP contribution is -2.21. The van der Waals surface area contributed by atoms with Gasteiger partial charge in [0, 0.05) is 44.3 Å². The van der Waals surface area contributed by atoms with Gasteiger partial charge in [0.1, 0.15) is 0 Å². The van der Waals surface area contributed by atoms with Crippen molar-refractivity contribution in [1.29, 1.82) is 0 Å². The topological polar surface area (TPSA) is 71.5 Å². The summed E-state index contributed by atoms with van der Waals surface area (Å²) in [5, 5.41) is 2.99. The van der Waals surface area contributed by atoms with Crippen molar-refractivity contribution >= 4 is 23.3 Å². The van der Waals surface area contributed by atoms with Gasteiger partial charge in [-0.2, -0.15) is 0 Å². The number of carbonyl (C=O) groups excluding carboxylic acids is 2. The summed E-state index contributed by atoms with van der Waals surface area (Å²) in [6.45, 7) is 2.23. The fourth-order valence-corrected chi connectivity index (χ4v) is 3.15. The highest BCUT2D eigenvalue weighted by Crippen LogP contribution is 2.26. The molecule has 2 aromatic rings. The molecule has 0 saturated heterocycles. The van der Waals surface area contributed by atoms with Crippen LogP contribution in [-0.2, 0) is 14.3 Å². The first-order valence-electron chi connectivity index (χ1n) is 10.1. The van der Waals surface area contributed by atoms with Crippen LogP contribution < -0.4 is 10.2 Å². The summed E-state index contributed by atoms with van der Waals surface area (Å²) in [6, 6.07) is 11.7. The van der Waals surface area contributed by atoms with Crippen LogP contribution >= 0.6 is 0 Å². The average Bonchev–Trinajstić information content (AvgIpc) is 2.71. The van der Waals surface area contributed by atoms with E-state index in [9.17, 15) is 9.59 Å². The Kier molecular flexibility index (Phi) is 9.15. The van der Waals surface area contributed by atoms with Crippen molar-refractivity contribution in [3.8, 4) is 0 Å². The fourth-order valence-electron chi connectivity index (χ4n) is 3.15. The van der Waals surface area contributed by atoms with Crippen LogP contribution in [0.15, 0.2) is 48.8 Å². The number of unbranched alkanes of at least 4 members (excludes halogenated alkanes) is 2. The fraction of sp³-hybridized carbons (Fsp3) is 0.435. The van der Waals surface area contributed by atoms with Crippen molar-refractivity contribution in [3.05, 3.63) is 54.4 Å². The molecule has 29 heavy (non-hydrogen) atoms. The summed E-state index contributed by atoms with van der Waals surface area (Å²) < 4.78 is 4.96. The standard InChI is InChI=1S/C23H31N3O3/c1-4-29-22(27)9-7-5-6-8-21(18-10-12-20(13-11-18)26(2)3)23(28)25-19-14-16-24-17-15-19/h10-17,21H,4-9H2,1-3H3,(H,24,25,28)/t21-/m0/s1. The molecule has 1 N–H and O–H groups in total. The Labute approximate surface area is 173 Å². The third-order valence-corrected chi connectivity index (χ3v) is 4.76. The lowest BCUT2D eigenvalue weighted by atomic mass is 9.91. The predicted molar refractivity (Wildman–Crippen MR) is 116 cm³/mol. The van der Waals surface area contributed by atoms with Crippen molar-refractivity contribution in [2.45, 2.75) is 44.9 Å². The lowest BCUT2D eigenvalue weighted by Gasteiger charge is -2.19. The molecule has 0 aliphatic heterocycles. The smallest absolute Gasteiger partial charge is 0.305 e. The molecule has 0 unspecified atom stereocenters. The Morgan fingerprint density at radius 3 is 2.34 bits per heavy atom. The number of esters is 1. The SMILES string of the molecule is CCOC(=O)CCCCC[C@H](C(=O)Nc1ccncc1)c1ccc(N(C)C)cc1. The van der Waals surface area contributed by atoms with Crippen molar-refractivity contribution in [2.24, 2.45) is 0 Å². The maximum Gasteiger partial charge on any atom is 0.305 e. The molecular weight excluding hydrogens is 366 g/mol. The molecule has 1 aromatic heterocycles. The number of rotatable bonds is 11. The Morgan fingerprint density at radius 1 is 1.03 bits per heavy atom. The van der Waals surface area contributed by atoms with Gasteiger partial charge in [-0.15, -0.1) is 0 Å². The number of anilines is 2. The highest BCUT2D eigenvalue weighted by atomic mass is 16.5. The van der Waals surface area contributed by atoms with E-state index < -0.39 is 0 Å². The molecule has 1 atom stereocenters. The molecule has 0 aliphatic carbocycles. The number of benzene rings is 1. The molecular formula is C23H31N3O3. The first kappa shape index (κ1) is 22.4. The maximum atomic E-state index is 13.0. The van der Waals surface area contributed by atoms with Gasteiger partial charge in [0.05, 0.1) is 12.5 Å². The Hall–Kier alpha value is -2.89. The van der Waals surface area contributed by atoms with Crippen LogP contribution in [-0.4, -0.2) is 37.6 Å². The number of aromatic nitrogens is 1. The first-order chi connectivity index (χ1) is 14.0. The zero-order chi connectivity index (χ0) is 21.1. The lowest BCUT2D eigenvalue weighted by molar-refractivity contribution is -0.143. The molecule has 1 amide bonds. The minimum atomic E-state index is -0.248. The van der Waals surface area contributed by atoms with E-state index in [1.54, 1.807) is 24.5 Å². The van der Waals surface area contributed by atoms with Crippen LogP contribution in [0.5, 0.6) is 0 Å². The molecule has 0 spiro atoms. The van der Waals surface area contributed by atoms with Gasteiger partial charge in [-0.3, -0.25) is 14.6 Å². The molecule has 0 saturated carbocycles. The summed E-state index contributed by atoms with van der Waals surface area (Å²) in [4.78, 5) is 30.5. The van der Waals surface area contributed by atoms with E-state index in [2.05, 4.69) is 10.3 Å². The normalized spacial score (nSPS) is 11.6. The number of hydrogen-bond acceptors (Lipinski definition) is 5. The molecule has 6 nitrogen and oxygen atoms in total. The molecule has 6 heteroatoms. The van der Waals surface area contributed by atoms with Crippen LogP contribution in [0.3, 0.4) is 0 Å². The summed E-state index contributed by atoms with van der Waals surface area (Å²) in [5.74, 6) is -0.431. The minimum Gasteiger partial charge on any atom is -0.466 e. The van der Waals surface area contributed by atoms with Crippen LogP contribution in [0, 0.1) is 0 Å². The molecule has 0 fully saturated rings. The van der Waals surface area contributed by atoms with E-state index in [-0.39, 0.29) is 17.8 Å². The molecule has 156 valence electrons. The third-order valence-electron chi connectivity index (χ3n) is 4.76. The summed E-state index contributed by atoms with van der Waals surface area (Å²) >= 11 is 0. The second-order valence-corrected chi connectivity index (χ2v) is 7.17. The Bertz CT molecular complexity index is 761. The summed E-state index contributed by atoms with van der Waals surface area (Å²) in [7, 11) is 3.98. The Morgan fingerprint density at radius 2 is 1.72 bits per heavy atom. The second-order valence-electron chi connectivity index (χ2n) is 7.17. The number of ether oxygens (including phenoxy) is 1. The quantitative estimate of drug-likeness (QED) is 0.450. The molecule has 1 aromatic carbocycles. The third kappa shape index (κ3) is 7.56. The molecule has 1 heterocycles. The van der Waals surface area contributed by atoms with Crippen LogP contribution in [0.4, 0.5) is 11.4 Å². The van der Waals surface area contributed by atoms with Gasteiger partial charge in [0.2, 0.25) is 5.91 Å². The van der Waals surface area contributed by atoms with Gasteiger partial charge in [0.25, 0.3) is 0 Å². The van der Waals surface area contributed by atoms with E-state index in [4.69, 9.17) is 4.74 Å². The zero-order valence-electron chi connectivity index (χ0n) is 17.6. The largest absolute Gasteiger partial charge is 0.466 e. The van der Waals surface area contributed by atoms with Crippen molar-refractivity contribution < 1.29 is 14.3 Å². The number of nitrogens with one attached hydrogen (secondary N) is 1. The molecule has 0 radical (unpaired) electrons. The number of pyridine rings is 1. The maximum absolute atomic E-state index is 13.0. The average molecular weight is 398 g/mol. The van der Waals surface area contributed by atoms with E-state index in [1.165, 1.54) is 0 Å². The highest BCUT2D eigenvalue weighted by molar-refractivity contribution is 5.95. The van der Waals surface area contributed by atoms with E-state index in [1.807, 2.05) is 50.2 Å². The van der Waals surface area contributed by atoms with E-state index in [0.29, 0.717) is 13.0 Å². The van der Waals surface area contributed by atoms with Gasteiger partial charge in [-0.1, -0.05) is 25.0 Å².